The average Bonchev–Trinajstić information content (AvgIpc) is 2.74. The van der Waals surface area contributed by atoms with Crippen molar-refractivity contribution in [1.82, 2.24) is 4.31 Å². The van der Waals surface area contributed by atoms with Crippen molar-refractivity contribution in [3.63, 3.8) is 0 Å². The Kier molecular flexibility index (Phi) is 6.95. The molecule has 160 valence electrons. The van der Waals surface area contributed by atoms with Gasteiger partial charge >= 0.3 is 5.97 Å². The van der Waals surface area contributed by atoms with E-state index in [4.69, 9.17) is 16.3 Å². The minimum absolute atomic E-state index is 0.0124. The van der Waals surface area contributed by atoms with Crippen molar-refractivity contribution in [3.05, 3.63) is 63.7 Å². The van der Waals surface area contributed by atoms with Crippen molar-refractivity contribution in [2.24, 2.45) is 0 Å². The van der Waals surface area contributed by atoms with Crippen LogP contribution < -0.4 is 0 Å². The maximum atomic E-state index is 12.9. The van der Waals surface area contributed by atoms with Crippen molar-refractivity contribution in [3.8, 4) is 0 Å². The minimum atomic E-state index is -3.72. The molecule has 0 unspecified atom stereocenters. The molecular weight excluding hydrogens is 426 g/mol. The summed E-state index contributed by atoms with van der Waals surface area (Å²) in [5.41, 5.74) is 2.11. The summed E-state index contributed by atoms with van der Waals surface area (Å²) in [6.07, 6.45) is 2.61. The zero-order chi connectivity index (χ0) is 21.9. The van der Waals surface area contributed by atoms with Crippen LogP contribution in [0.15, 0.2) is 41.3 Å². The van der Waals surface area contributed by atoms with Gasteiger partial charge in [0, 0.05) is 18.7 Å². The first kappa shape index (κ1) is 22.5. The van der Waals surface area contributed by atoms with E-state index in [-0.39, 0.29) is 21.3 Å². The highest BCUT2D eigenvalue weighted by atomic mass is 35.5. The smallest absolute Gasteiger partial charge is 0.340 e. The van der Waals surface area contributed by atoms with Crippen LogP contribution in [0.2, 0.25) is 5.02 Å². The molecule has 1 aliphatic heterocycles. The van der Waals surface area contributed by atoms with E-state index < -0.39 is 22.6 Å². The van der Waals surface area contributed by atoms with Gasteiger partial charge in [-0.2, -0.15) is 4.31 Å². The fraction of sp³-hybridized carbons (Fsp3) is 0.364. The summed E-state index contributed by atoms with van der Waals surface area (Å²) in [4.78, 5) is 25.0. The van der Waals surface area contributed by atoms with Crippen LogP contribution in [0.1, 0.15) is 51.1 Å². The molecule has 0 N–H and O–H groups in total. The fourth-order valence-electron chi connectivity index (χ4n) is 3.40. The normalized spacial score (nSPS) is 15.0. The number of hydrogen-bond acceptors (Lipinski definition) is 5. The Hall–Kier alpha value is -2.22. The summed E-state index contributed by atoms with van der Waals surface area (Å²) in [7, 11) is -3.72. The van der Waals surface area contributed by atoms with Gasteiger partial charge in [0.15, 0.2) is 6.61 Å². The Labute approximate surface area is 181 Å². The Bertz CT molecular complexity index is 1070. The standard InChI is InChI=1S/C22H24ClNO5S/c1-15-6-7-16(2)18(12-15)21(25)14-29-22(26)19-13-17(8-9-20(19)23)30(27,28)24-10-4-3-5-11-24/h6-9,12-13H,3-5,10-11,14H2,1-2H3. The number of Topliss-reactive ketones (excluding diaryl/α,β-unsaturated/α-hetero) is 1. The number of hydrogen-bond donors (Lipinski definition) is 0. The highest BCUT2D eigenvalue weighted by Crippen LogP contribution is 2.25. The zero-order valence-electron chi connectivity index (χ0n) is 17.0. The summed E-state index contributed by atoms with van der Waals surface area (Å²) in [6, 6.07) is 9.43. The fourth-order valence-corrected chi connectivity index (χ4v) is 5.14. The molecule has 2 aromatic rings. The number of nitrogens with zero attached hydrogens (tertiary/aromatic N) is 1. The molecule has 1 saturated heterocycles. The number of piperidine rings is 1. The van der Waals surface area contributed by atoms with Crippen LogP contribution in [0, 0.1) is 13.8 Å². The van der Waals surface area contributed by atoms with Crippen molar-refractivity contribution < 1.29 is 22.7 Å². The second kappa shape index (κ2) is 9.29. The average molecular weight is 450 g/mol. The third kappa shape index (κ3) is 4.91. The number of carbonyl (C=O) groups is 2. The van der Waals surface area contributed by atoms with Gasteiger partial charge in [-0.25, -0.2) is 13.2 Å². The molecule has 1 fully saturated rings. The maximum absolute atomic E-state index is 12.9. The molecule has 30 heavy (non-hydrogen) atoms. The Morgan fingerprint density at radius 3 is 2.40 bits per heavy atom. The summed E-state index contributed by atoms with van der Waals surface area (Å²) >= 11 is 6.11. The molecule has 0 radical (unpaired) electrons. The number of esters is 1. The first-order valence-electron chi connectivity index (χ1n) is 9.77. The summed E-state index contributed by atoms with van der Waals surface area (Å²) in [5.74, 6) is -1.17. The zero-order valence-corrected chi connectivity index (χ0v) is 18.6. The highest BCUT2D eigenvalue weighted by molar-refractivity contribution is 7.89. The van der Waals surface area contributed by atoms with Crippen LogP contribution in [-0.2, 0) is 14.8 Å². The molecule has 0 bridgehead atoms. The van der Waals surface area contributed by atoms with Crippen LogP contribution in [-0.4, -0.2) is 44.2 Å². The second-order valence-electron chi connectivity index (χ2n) is 7.42. The molecule has 0 atom stereocenters. The van der Waals surface area contributed by atoms with E-state index in [1.807, 2.05) is 19.1 Å². The van der Waals surface area contributed by atoms with Gasteiger partial charge in [0.05, 0.1) is 15.5 Å². The SMILES string of the molecule is Cc1ccc(C)c(C(=O)COC(=O)c2cc(S(=O)(=O)N3CCCCC3)ccc2Cl)c1. The quantitative estimate of drug-likeness (QED) is 0.488. The van der Waals surface area contributed by atoms with Crippen LogP contribution >= 0.6 is 11.6 Å². The first-order valence-corrected chi connectivity index (χ1v) is 11.6. The first-order chi connectivity index (χ1) is 14.2. The van der Waals surface area contributed by atoms with Crippen LogP contribution in [0.4, 0.5) is 0 Å². The number of halogens is 1. The van der Waals surface area contributed by atoms with Crippen molar-refractivity contribution >= 4 is 33.4 Å². The van der Waals surface area contributed by atoms with Gasteiger partial charge in [-0.1, -0.05) is 35.7 Å². The maximum Gasteiger partial charge on any atom is 0.340 e. The second-order valence-corrected chi connectivity index (χ2v) is 9.77. The lowest BCUT2D eigenvalue weighted by atomic mass is 10.0. The van der Waals surface area contributed by atoms with Gasteiger partial charge < -0.3 is 4.74 Å². The van der Waals surface area contributed by atoms with Gasteiger partial charge in [-0.05, 0) is 56.5 Å². The number of carbonyl (C=O) groups excluding carboxylic acids is 2. The van der Waals surface area contributed by atoms with E-state index in [1.54, 1.807) is 13.0 Å². The molecule has 0 aromatic heterocycles. The molecule has 8 heteroatoms. The van der Waals surface area contributed by atoms with Gasteiger partial charge in [0.25, 0.3) is 0 Å². The largest absolute Gasteiger partial charge is 0.454 e. The highest BCUT2D eigenvalue weighted by Gasteiger charge is 2.27. The molecule has 0 amide bonds. The minimum Gasteiger partial charge on any atom is -0.454 e. The van der Waals surface area contributed by atoms with E-state index >= 15 is 0 Å². The molecule has 2 aromatic carbocycles. The molecule has 6 nitrogen and oxygen atoms in total. The van der Waals surface area contributed by atoms with Crippen LogP contribution in [0.3, 0.4) is 0 Å². The lowest BCUT2D eigenvalue weighted by Gasteiger charge is -2.26. The van der Waals surface area contributed by atoms with Gasteiger partial charge in [-0.3, -0.25) is 4.79 Å². The summed E-state index contributed by atoms with van der Waals surface area (Å²) in [6.45, 7) is 4.13. The summed E-state index contributed by atoms with van der Waals surface area (Å²) < 4.78 is 32.3. The van der Waals surface area contributed by atoms with Crippen molar-refractivity contribution in [2.75, 3.05) is 19.7 Å². The Morgan fingerprint density at radius 1 is 1.00 bits per heavy atom. The number of benzene rings is 2. The van der Waals surface area contributed by atoms with Gasteiger partial charge in [0.1, 0.15) is 0 Å². The lowest BCUT2D eigenvalue weighted by Crippen LogP contribution is -2.35. The number of sulfonamides is 1. The third-order valence-electron chi connectivity index (χ3n) is 5.14. The molecule has 0 saturated carbocycles. The summed E-state index contributed by atoms with van der Waals surface area (Å²) in [5, 5.41) is 0.0665. The van der Waals surface area contributed by atoms with E-state index in [9.17, 15) is 18.0 Å². The number of rotatable bonds is 6. The molecule has 0 aliphatic carbocycles. The predicted molar refractivity (Wildman–Crippen MR) is 115 cm³/mol. The Balaban J connectivity index is 1.77. The van der Waals surface area contributed by atoms with E-state index in [1.165, 1.54) is 22.5 Å². The molecule has 3 rings (SSSR count). The molecular formula is C22H24ClNO5S. The van der Waals surface area contributed by atoms with Crippen LogP contribution in [0.5, 0.6) is 0 Å². The lowest BCUT2D eigenvalue weighted by molar-refractivity contribution is 0.0474. The van der Waals surface area contributed by atoms with Gasteiger partial charge in [0.2, 0.25) is 15.8 Å². The van der Waals surface area contributed by atoms with Crippen molar-refractivity contribution in [2.45, 2.75) is 38.0 Å². The molecule has 1 aliphatic rings. The predicted octanol–water partition coefficient (Wildman–Crippen LogP) is 4.17. The van der Waals surface area contributed by atoms with Crippen LogP contribution in [0.25, 0.3) is 0 Å². The number of ether oxygens (including phenoxy) is 1. The monoisotopic (exact) mass is 449 g/mol. The molecule has 1 heterocycles. The number of ketones is 1. The van der Waals surface area contributed by atoms with Crippen molar-refractivity contribution in [1.29, 1.82) is 0 Å². The number of aryl methyl sites for hydroxylation is 2. The Morgan fingerprint density at radius 2 is 1.70 bits per heavy atom. The topological polar surface area (TPSA) is 80.8 Å². The van der Waals surface area contributed by atoms with Gasteiger partial charge in [-0.15, -0.1) is 0 Å². The third-order valence-corrected chi connectivity index (χ3v) is 7.36. The molecule has 0 spiro atoms. The van der Waals surface area contributed by atoms with E-state index in [2.05, 4.69) is 0 Å². The van der Waals surface area contributed by atoms with E-state index in [0.29, 0.717) is 18.7 Å². The van der Waals surface area contributed by atoms with E-state index in [0.717, 1.165) is 30.4 Å².